The summed E-state index contributed by atoms with van der Waals surface area (Å²) in [5.74, 6) is 10.5. The minimum atomic E-state index is -0.546. The Balaban J connectivity index is 3.00. The van der Waals surface area contributed by atoms with Crippen molar-refractivity contribution in [3.63, 3.8) is 0 Å². The van der Waals surface area contributed by atoms with Gasteiger partial charge in [0.1, 0.15) is 0 Å². The molecule has 0 saturated heterocycles. The van der Waals surface area contributed by atoms with Crippen molar-refractivity contribution in [2.45, 2.75) is 13.8 Å². The molecule has 5 heteroatoms. The lowest BCUT2D eigenvalue weighted by molar-refractivity contribution is 0.246. The molecule has 0 aromatic heterocycles. The molecule has 0 aliphatic carbocycles. The molecule has 1 aromatic carbocycles. The monoisotopic (exact) mass is 194 g/mol. The van der Waals surface area contributed by atoms with Crippen molar-refractivity contribution < 1.29 is 4.79 Å². The van der Waals surface area contributed by atoms with E-state index in [0.717, 1.165) is 16.1 Å². The Morgan fingerprint density at radius 1 is 1.29 bits per heavy atom. The van der Waals surface area contributed by atoms with Crippen LogP contribution in [0.3, 0.4) is 0 Å². The second-order valence-corrected chi connectivity index (χ2v) is 3.17. The van der Waals surface area contributed by atoms with Crippen molar-refractivity contribution in [2.24, 2.45) is 11.7 Å². The van der Waals surface area contributed by atoms with Crippen LogP contribution in [0.15, 0.2) is 18.2 Å². The first kappa shape index (κ1) is 10.5. The molecule has 1 aromatic rings. The number of amides is 2. The van der Waals surface area contributed by atoms with Gasteiger partial charge in [0, 0.05) is 0 Å². The number of aryl methyl sites for hydroxylation is 2. The van der Waals surface area contributed by atoms with Gasteiger partial charge in [-0.05, 0) is 37.1 Å². The van der Waals surface area contributed by atoms with Gasteiger partial charge in [-0.2, -0.15) is 0 Å². The standard InChI is InChI=1S/C9H14N4O/c1-6-3-7(2)5-8(4-6)13(11)9(14)12-10/h3-5H,10-11H2,1-2H3,(H,12,14). The third-order valence-corrected chi connectivity index (χ3v) is 1.83. The number of rotatable bonds is 1. The fraction of sp³-hybridized carbons (Fsp3) is 0.222. The van der Waals surface area contributed by atoms with Crippen LogP contribution in [0, 0.1) is 13.8 Å². The van der Waals surface area contributed by atoms with Crippen molar-refractivity contribution in [1.29, 1.82) is 0 Å². The molecule has 1 rings (SSSR count). The van der Waals surface area contributed by atoms with Crippen molar-refractivity contribution in [3.05, 3.63) is 29.3 Å². The van der Waals surface area contributed by atoms with Gasteiger partial charge >= 0.3 is 6.03 Å². The molecule has 0 fully saturated rings. The van der Waals surface area contributed by atoms with Crippen LogP contribution in [0.1, 0.15) is 11.1 Å². The summed E-state index contributed by atoms with van der Waals surface area (Å²) in [5.41, 5.74) is 4.66. The van der Waals surface area contributed by atoms with Crippen molar-refractivity contribution >= 4 is 11.7 Å². The quantitative estimate of drug-likeness (QED) is 0.347. The minimum Gasteiger partial charge on any atom is -0.274 e. The van der Waals surface area contributed by atoms with E-state index in [0.29, 0.717) is 5.69 Å². The zero-order valence-electron chi connectivity index (χ0n) is 8.24. The molecule has 76 valence electrons. The summed E-state index contributed by atoms with van der Waals surface area (Å²) in [4.78, 5) is 11.1. The highest BCUT2D eigenvalue weighted by Gasteiger charge is 2.09. The van der Waals surface area contributed by atoms with E-state index in [1.807, 2.05) is 37.5 Å². The van der Waals surface area contributed by atoms with Gasteiger partial charge in [-0.15, -0.1) is 0 Å². The van der Waals surface area contributed by atoms with E-state index < -0.39 is 6.03 Å². The molecule has 14 heavy (non-hydrogen) atoms. The lowest BCUT2D eigenvalue weighted by Crippen LogP contribution is -2.47. The molecule has 0 spiro atoms. The largest absolute Gasteiger partial charge is 0.350 e. The fourth-order valence-electron chi connectivity index (χ4n) is 1.28. The maximum atomic E-state index is 11.1. The van der Waals surface area contributed by atoms with Crippen molar-refractivity contribution in [3.8, 4) is 0 Å². The van der Waals surface area contributed by atoms with Crippen LogP contribution in [0.5, 0.6) is 0 Å². The van der Waals surface area contributed by atoms with Gasteiger partial charge in [-0.1, -0.05) is 6.07 Å². The molecular formula is C9H14N4O. The van der Waals surface area contributed by atoms with Gasteiger partial charge in [0.25, 0.3) is 0 Å². The maximum Gasteiger partial charge on any atom is 0.350 e. The Hall–Kier alpha value is -1.59. The topological polar surface area (TPSA) is 84.4 Å². The third kappa shape index (κ3) is 2.21. The summed E-state index contributed by atoms with van der Waals surface area (Å²) in [6.45, 7) is 3.87. The number of anilines is 1. The SMILES string of the molecule is Cc1cc(C)cc(N(N)C(=O)NN)c1. The van der Waals surface area contributed by atoms with E-state index >= 15 is 0 Å². The van der Waals surface area contributed by atoms with Gasteiger partial charge in [0.15, 0.2) is 0 Å². The van der Waals surface area contributed by atoms with E-state index in [9.17, 15) is 4.79 Å². The number of hydrazine groups is 2. The number of nitrogens with zero attached hydrogens (tertiary/aromatic N) is 1. The Bertz CT molecular complexity index is 330. The Labute approximate surface area is 82.6 Å². The maximum absolute atomic E-state index is 11.1. The molecule has 0 unspecified atom stereocenters. The molecular weight excluding hydrogens is 180 g/mol. The number of benzene rings is 1. The average molecular weight is 194 g/mol. The highest BCUT2D eigenvalue weighted by molar-refractivity contribution is 5.90. The number of nitrogens with two attached hydrogens (primary N) is 2. The van der Waals surface area contributed by atoms with Gasteiger partial charge in [0.05, 0.1) is 5.69 Å². The number of carbonyl (C=O) groups is 1. The van der Waals surface area contributed by atoms with Crippen LogP contribution in [0.2, 0.25) is 0 Å². The highest BCUT2D eigenvalue weighted by Crippen LogP contribution is 2.16. The number of hydrogen-bond donors (Lipinski definition) is 3. The third-order valence-electron chi connectivity index (χ3n) is 1.83. The normalized spacial score (nSPS) is 9.71. The van der Waals surface area contributed by atoms with Crippen LogP contribution < -0.4 is 22.1 Å². The van der Waals surface area contributed by atoms with E-state index in [2.05, 4.69) is 0 Å². The Morgan fingerprint density at radius 2 is 1.79 bits per heavy atom. The van der Waals surface area contributed by atoms with E-state index in [1.165, 1.54) is 0 Å². The molecule has 0 bridgehead atoms. The summed E-state index contributed by atoms with van der Waals surface area (Å²) in [6.07, 6.45) is 0. The zero-order valence-corrected chi connectivity index (χ0v) is 8.24. The highest BCUT2D eigenvalue weighted by atomic mass is 16.2. The molecule has 0 aliphatic rings. The molecule has 0 heterocycles. The minimum absolute atomic E-state index is 0.546. The Morgan fingerprint density at radius 3 is 2.21 bits per heavy atom. The van der Waals surface area contributed by atoms with E-state index in [1.54, 1.807) is 0 Å². The zero-order chi connectivity index (χ0) is 10.7. The first-order valence-electron chi connectivity index (χ1n) is 4.18. The van der Waals surface area contributed by atoms with Gasteiger partial charge in [0.2, 0.25) is 0 Å². The summed E-state index contributed by atoms with van der Waals surface area (Å²) < 4.78 is 0. The smallest absolute Gasteiger partial charge is 0.274 e. The number of urea groups is 1. The average Bonchev–Trinajstić information content (AvgIpc) is 2.14. The molecule has 0 radical (unpaired) electrons. The first-order valence-corrected chi connectivity index (χ1v) is 4.18. The van der Waals surface area contributed by atoms with Gasteiger partial charge in [-0.25, -0.2) is 21.5 Å². The summed E-state index contributed by atoms with van der Waals surface area (Å²) in [7, 11) is 0. The summed E-state index contributed by atoms with van der Waals surface area (Å²) in [5, 5.41) is 0.972. The molecule has 2 amide bonds. The van der Waals surface area contributed by atoms with E-state index in [4.69, 9.17) is 11.7 Å². The first-order chi connectivity index (χ1) is 6.54. The molecule has 5 nitrogen and oxygen atoms in total. The number of carbonyl (C=O) groups excluding carboxylic acids is 1. The summed E-state index contributed by atoms with van der Waals surface area (Å²) in [6, 6.07) is 5.07. The van der Waals surface area contributed by atoms with E-state index in [-0.39, 0.29) is 0 Å². The lowest BCUT2D eigenvalue weighted by atomic mass is 10.1. The molecule has 5 N–H and O–H groups in total. The molecule has 0 atom stereocenters. The Kier molecular flexibility index (Phi) is 3.06. The predicted molar refractivity (Wildman–Crippen MR) is 55.3 cm³/mol. The lowest BCUT2D eigenvalue weighted by Gasteiger charge is -2.16. The van der Waals surface area contributed by atoms with Crippen LogP contribution in [0.4, 0.5) is 10.5 Å². The summed E-state index contributed by atoms with van der Waals surface area (Å²) >= 11 is 0. The second kappa shape index (κ2) is 4.08. The number of hydrogen-bond acceptors (Lipinski definition) is 3. The number of nitrogens with one attached hydrogen (secondary N) is 1. The van der Waals surface area contributed by atoms with Crippen molar-refractivity contribution in [1.82, 2.24) is 5.43 Å². The van der Waals surface area contributed by atoms with Crippen molar-refractivity contribution in [2.75, 3.05) is 5.01 Å². The molecule has 0 saturated carbocycles. The van der Waals surface area contributed by atoms with Gasteiger partial charge < -0.3 is 0 Å². The second-order valence-electron chi connectivity index (χ2n) is 3.17. The van der Waals surface area contributed by atoms with Crippen LogP contribution in [0.25, 0.3) is 0 Å². The van der Waals surface area contributed by atoms with Gasteiger partial charge in [-0.3, -0.25) is 5.43 Å². The predicted octanol–water partition coefficient (Wildman–Crippen LogP) is 0.567. The van der Waals surface area contributed by atoms with Crippen LogP contribution in [-0.4, -0.2) is 6.03 Å². The fourth-order valence-corrected chi connectivity index (χ4v) is 1.28. The van der Waals surface area contributed by atoms with Crippen LogP contribution in [-0.2, 0) is 0 Å². The molecule has 0 aliphatic heterocycles. The van der Waals surface area contributed by atoms with Crippen LogP contribution >= 0.6 is 0 Å².